The first-order valence-corrected chi connectivity index (χ1v) is 6.52. The minimum Gasteiger partial charge on any atom is -0.288 e. The van der Waals surface area contributed by atoms with Crippen LogP contribution >= 0.6 is 31.9 Å². The Morgan fingerprint density at radius 2 is 1.67 bits per heavy atom. The molecule has 2 aromatic carbocycles. The molecule has 0 aliphatic carbocycles. The molecule has 0 atom stereocenters. The zero-order valence-electron chi connectivity index (χ0n) is 8.88. The summed E-state index contributed by atoms with van der Waals surface area (Å²) in [5, 5.41) is 0. The van der Waals surface area contributed by atoms with Gasteiger partial charge in [0.2, 0.25) is 0 Å². The summed E-state index contributed by atoms with van der Waals surface area (Å²) in [6, 6.07) is 7.81. The monoisotopic (exact) mass is 374 g/mol. The van der Waals surface area contributed by atoms with Crippen LogP contribution in [0.2, 0.25) is 0 Å². The van der Waals surface area contributed by atoms with Gasteiger partial charge in [-0.1, -0.05) is 31.9 Å². The Hall–Kier alpha value is -1.07. The number of carbonyl (C=O) groups excluding carboxylic acids is 1. The number of ketones is 1. The summed E-state index contributed by atoms with van der Waals surface area (Å²) in [5.41, 5.74) is 0.000694. The highest BCUT2D eigenvalue weighted by Gasteiger charge is 2.15. The van der Waals surface area contributed by atoms with Gasteiger partial charge in [-0.2, -0.15) is 0 Å². The van der Waals surface area contributed by atoms with E-state index in [1.165, 1.54) is 30.3 Å². The highest BCUT2D eigenvalue weighted by molar-refractivity contribution is 9.10. The fourth-order valence-corrected chi connectivity index (χ4v) is 2.34. The summed E-state index contributed by atoms with van der Waals surface area (Å²) < 4.78 is 27.8. The van der Waals surface area contributed by atoms with Crippen molar-refractivity contribution in [2.45, 2.75) is 0 Å². The van der Waals surface area contributed by atoms with E-state index in [0.29, 0.717) is 8.95 Å². The molecular weight excluding hydrogens is 370 g/mol. The van der Waals surface area contributed by atoms with Crippen LogP contribution < -0.4 is 0 Å². The number of hydrogen-bond acceptors (Lipinski definition) is 1. The van der Waals surface area contributed by atoms with E-state index < -0.39 is 17.4 Å². The standard InChI is InChI=1S/C13H6Br2F2O/c14-8-1-2-12(17)11(6-8)13(18)7-3-9(15)5-10(16)4-7/h1-6H. The average molecular weight is 376 g/mol. The van der Waals surface area contributed by atoms with Gasteiger partial charge >= 0.3 is 0 Å². The van der Waals surface area contributed by atoms with E-state index in [4.69, 9.17) is 0 Å². The van der Waals surface area contributed by atoms with Crippen molar-refractivity contribution in [1.82, 2.24) is 0 Å². The molecule has 2 aromatic rings. The zero-order chi connectivity index (χ0) is 13.3. The number of benzene rings is 2. The number of hydrogen-bond donors (Lipinski definition) is 0. The van der Waals surface area contributed by atoms with Crippen LogP contribution in [0.15, 0.2) is 45.3 Å². The fourth-order valence-electron chi connectivity index (χ4n) is 1.51. The Morgan fingerprint density at radius 1 is 0.944 bits per heavy atom. The van der Waals surface area contributed by atoms with Gasteiger partial charge in [-0.3, -0.25) is 4.79 Å². The maximum absolute atomic E-state index is 13.6. The van der Waals surface area contributed by atoms with Gasteiger partial charge in [0.05, 0.1) is 5.56 Å². The smallest absolute Gasteiger partial charge is 0.196 e. The van der Waals surface area contributed by atoms with Crippen LogP contribution in [0.5, 0.6) is 0 Å². The first kappa shape index (κ1) is 13.4. The predicted octanol–water partition coefficient (Wildman–Crippen LogP) is 4.72. The normalized spacial score (nSPS) is 10.4. The van der Waals surface area contributed by atoms with Gasteiger partial charge in [0.1, 0.15) is 11.6 Å². The van der Waals surface area contributed by atoms with Gasteiger partial charge in [0, 0.05) is 14.5 Å². The molecule has 0 aromatic heterocycles. The average Bonchev–Trinajstić information content (AvgIpc) is 2.30. The van der Waals surface area contributed by atoms with Crippen LogP contribution in [0, 0.1) is 11.6 Å². The maximum Gasteiger partial charge on any atom is 0.196 e. The minimum atomic E-state index is -0.636. The molecule has 0 radical (unpaired) electrons. The molecule has 0 spiro atoms. The highest BCUT2D eigenvalue weighted by Crippen LogP contribution is 2.21. The maximum atomic E-state index is 13.6. The summed E-state index contributed by atoms with van der Waals surface area (Å²) in [6.07, 6.45) is 0. The van der Waals surface area contributed by atoms with Crippen LogP contribution in [0.25, 0.3) is 0 Å². The van der Waals surface area contributed by atoms with Crippen molar-refractivity contribution in [2.24, 2.45) is 0 Å². The van der Waals surface area contributed by atoms with Crippen LogP contribution in [0.3, 0.4) is 0 Å². The number of rotatable bonds is 2. The van der Waals surface area contributed by atoms with Crippen molar-refractivity contribution in [3.63, 3.8) is 0 Å². The first-order valence-electron chi connectivity index (χ1n) is 4.93. The number of halogens is 4. The molecule has 0 unspecified atom stereocenters. The second-order valence-electron chi connectivity index (χ2n) is 3.61. The van der Waals surface area contributed by atoms with E-state index in [9.17, 15) is 13.6 Å². The molecule has 5 heteroatoms. The lowest BCUT2D eigenvalue weighted by molar-refractivity contribution is 0.103. The molecule has 18 heavy (non-hydrogen) atoms. The first-order chi connectivity index (χ1) is 8.47. The zero-order valence-corrected chi connectivity index (χ0v) is 12.1. The Labute approximate surface area is 119 Å². The summed E-state index contributed by atoms with van der Waals surface area (Å²) in [6.45, 7) is 0. The molecule has 0 aliphatic rings. The third-order valence-corrected chi connectivity index (χ3v) is 3.25. The fraction of sp³-hybridized carbons (Fsp3) is 0. The third-order valence-electron chi connectivity index (χ3n) is 2.30. The molecule has 0 heterocycles. The lowest BCUT2D eigenvalue weighted by Crippen LogP contribution is -2.05. The summed E-state index contributed by atoms with van der Waals surface area (Å²) >= 11 is 6.26. The summed E-state index contributed by atoms with van der Waals surface area (Å²) in [7, 11) is 0. The molecular formula is C13H6Br2F2O. The van der Waals surface area contributed by atoms with Crippen LogP contribution in [-0.4, -0.2) is 5.78 Å². The van der Waals surface area contributed by atoms with Gasteiger partial charge in [-0.25, -0.2) is 8.78 Å². The lowest BCUT2D eigenvalue weighted by atomic mass is 10.0. The summed E-state index contributed by atoms with van der Waals surface area (Å²) in [4.78, 5) is 12.1. The Morgan fingerprint density at radius 3 is 2.33 bits per heavy atom. The second kappa shape index (κ2) is 5.28. The van der Waals surface area contributed by atoms with E-state index in [1.807, 2.05) is 0 Å². The van der Waals surface area contributed by atoms with Crippen molar-refractivity contribution in [2.75, 3.05) is 0 Å². The van der Waals surface area contributed by atoms with Gasteiger partial charge in [-0.05, 0) is 36.4 Å². The minimum absolute atomic E-state index is 0.0955. The van der Waals surface area contributed by atoms with E-state index in [2.05, 4.69) is 31.9 Å². The molecule has 0 aliphatic heterocycles. The van der Waals surface area contributed by atoms with Crippen molar-refractivity contribution in [3.8, 4) is 0 Å². The Kier molecular flexibility index (Phi) is 3.92. The van der Waals surface area contributed by atoms with Crippen molar-refractivity contribution >= 4 is 37.6 Å². The molecule has 0 bridgehead atoms. The Balaban J connectivity index is 2.51. The molecule has 0 saturated carbocycles. The Bertz CT molecular complexity index is 606. The molecule has 92 valence electrons. The van der Waals surface area contributed by atoms with Gasteiger partial charge in [0.25, 0.3) is 0 Å². The van der Waals surface area contributed by atoms with Crippen LogP contribution in [0.4, 0.5) is 8.78 Å². The van der Waals surface area contributed by atoms with Crippen molar-refractivity contribution in [3.05, 3.63) is 68.1 Å². The van der Waals surface area contributed by atoms with Crippen molar-refractivity contribution in [1.29, 1.82) is 0 Å². The topological polar surface area (TPSA) is 17.1 Å². The highest BCUT2D eigenvalue weighted by atomic mass is 79.9. The predicted molar refractivity (Wildman–Crippen MR) is 71.6 cm³/mol. The molecule has 0 fully saturated rings. The third kappa shape index (κ3) is 2.84. The molecule has 0 saturated heterocycles. The van der Waals surface area contributed by atoms with E-state index in [0.717, 1.165) is 6.07 Å². The summed E-state index contributed by atoms with van der Waals surface area (Å²) in [5.74, 6) is -1.75. The SMILES string of the molecule is O=C(c1cc(F)cc(Br)c1)c1cc(Br)ccc1F. The van der Waals surface area contributed by atoms with Gasteiger partial charge < -0.3 is 0 Å². The van der Waals surface area contributed by atoms with E-state index in [1.54, 1.807) is 0 Å². The van der Waals surface area contributed by atoms with Crippen molar-refractivity contribution < 1.29 is 13.6 Å². The van der Waals surface area contributed by atoms with Gasteiger partial charge in [-0.15, -0.1) is 0 Å². The molecule has 1 nitrogen and oxygen atoms in total. The van der Waals surface area contributed by atoms with Crippen LogP contribution in [0.1, 0.15) is 15.9 Å². The molecule has 0 amide bonds. The molecule has 0 N–H and O–H groups in total. The van der Waals surface area contributed by atoms with Crippen LogP contribution in [-0.2, 0) is 0 Å². The number of carbonyl (C=O) groups is 1. The van der Waals surface area contributed by atoms with E-state index in [-0.39, 0.29) is 11.1 Å². The largest absolute Gasteiger partial charge is 0.288 e. The van der Waals surface area contributed by atoms with Gasteiger partial charge in [0.15, 0.2) is 5.78 Å². The second-order valence-corrected chi connectivity index (χ2v) is 5.44. The molecule has 2 rings (SSSR count). The quantitative estimate of drug-likeness (QED) is 0.694. The lowest BCUT2D eigenvalue weighted by Gasteiger charge is -2.04. The van der Waals surface area contributed by atoms with E-state index >= 15 is 0 Å².